The average Bonchev–Trinajstić information content (AvgIpc) is 2.25. The van der Waals surface area contributed by atoms with E-state index in [0.29, 0.717) is 0 Å². The Morgan fingerprint density at radius 1 is 0.938 bits per heavy atom. The van der Waals surface area contributed by atoms with Gasteiger partial charge in [0.25, 0.3) is 0 Å². The fourth-order valence-electron chi connectivity index (χ4n) is 2.72. The number of hydrogen-bond donors (Lipinski definition) is 0. The van der Waals surface area contributed by atoms with E-state index in [0.717, 1.165) is 18.0 Å². The van der Waals surface area contributed by atoms with E-state index in [1.807, 2.05) is 0 Å². The lowest BCUT2D eigenvalue weighted by atomic mass is 9.94. The van der Waals surface area contributed by atoms with E-state index >= 15 is 0 Å². The molecule has 0 aromatic heterocycles. The summed E-state index contributed by atoms with van der Waals surface area (Å²) in [7, 11) is 2.34. The summed E-state index contributed by atoms with van der Waals surface area (Å²) >= 11 is 0. The van der Waals surface area contributed by atoms with Crippen LogP contribution in [0.25, 0.3) is 0 Å². The third-order valence-corrected chi connectivity index (χ3v) is 3.82. The molecule has 0 aromatic carbocycles. The zero-order valence-electron chi connectivity index (χ0n) is 12.4. The molecule has 0 aliphatic heterocycles. The van der Waals surface area contributed by atoms with Crippen LogP contribution in [-0.4, -0.2) is 24.0 Å². The van der Waals surface area contributed by atoms with Crippen LogP contribution in [0, 0.1) is 5.92 Å². The maximum atomic E-state index is 2.66. The van der Waals surface area contributed by atoms with E-state index < -0.39 is 0 Å². The van der Waals surface area contributed by atoms with Crippen molar-refractivity contribution in [1.29, 1.82) is 0 Å². The monoisotopic (exact) mass is 227 g/mol. The highest BCUT2D eigenvalue weighted by Crippen LogP contribution is 2.21. The van der Waals surface area contributed by atoms with Gasteiger partial charge in [-0.3, -0.25) is 0 Å². The molecule has 1 heteroatoms. The Morgan fingerprint density at radius 3 is 1.94 bits per heavy atom. The number of unbranched alkanes of at least 4 members (excludes halogenated alkanes) is 1. The van der Waals surface area contributed by atoms with Gasteiger partial charge in [0.2, 0.25) is 0 Å². The van der Waals surface area contributed by atoms with Gasteiger partial charge in [0.1, 0.15) is 0 Å². The molecule has 0 saturated carbocycles. The van der Waals surface area contributed by atoms with Crippen LogP contribution in [0.5, 0.6) is 0 Å². The van der Waals surface area contributed by atoms with Crippen molar-refractivity contribution in [1.82, 2.24) is 4.90 Å². The van der Waals surface area contributed by atoms with Crippen molar-refractivity contribution in [3.63, 3.8) is 0 Å². The van der Waals surface area contributed by atoms with E-state index in [1.54, 1.807) is 0 Å². The third-order valence-electron chi connectivity index (χ3n) is 3.82. The Hall–Kier alpha value is -0.0400. The third kappa shape index (κ3) is 5.34. The minimum absolute atomic E-state index is 0.774. The lowest BCUT2D eigenvalue weighted by molar-refractivity contribution is 0.115. The molecule has 1 nitrogen and oxygen atoms in total. The normalized spacial score (nSPS) is 15.8. The second kappa shape index (κ2) is 9.04. The Morgan fingerprint density at radius 2 is 1.56 bits per heavy atom. The average molecular weight is 227 g/mol. The molecule has 2 unspecified atom stereocenters. The molecule has 2 atom stereocenters. The van der Waals surface area contributed by atoms with Crippen molar-refractivity contribution < 1.29 is 0 Å². The molecule has 0 aliphatic rings. The van der Waals surface area contributed by atoms with Gasteiger partial charge in [0.05, 0.1) is 0 Å². The molecule has 0 spiro atoms. The number of hydrogen-bond acceptors (Lipinski definition) is 1. The zero-order chi connectivity index (χ0) is 12.6. The molecule has 0 radical (unpaired) electrons. The van der Waals surface area contributed by atoms with Gasteiger partial charge in [-0.25, -0.2) is 0 Å². The summed E-state index contributed by atoms with van der Waals surface area (Å²) in [5, 5.41) is 0. The van der Waals surface area contributed by atoms with Gasteiger partial charge in [-0.1, -0.05) is 53.9 Å². The first-order chi connectivity index (χ1) is 7.58. The van der Waals surface area contributed by atoms with Crippen LogP contribution in [0.1, 0.15) is 73.1 Å². The fraction of sp³-hybridized carbons (Fsp3) is 1.00. The second-order valence-corrected chi connectivity index (χ2v) is 5.47. The van der Waals surface area contributed by atoms with Crippen LogP contribution in [-0.2, 0) is 0 Å². The molecule has 0 heterocycles. The first-order valence-electron chi connectivity index (χ1n) is 7.30. The highest BCUT2D eigenvalue weighted by Gasteiger charge is 2.23. The molecule has 0 aliphatic carbocycles. The van der Waals surface area contributed by atoms with Crippen molar-refractivity contribution >= 4 is 0 Å². The highest BCUT2D eigenvalue weighted by atomic mass is 15.2. The second-order valence-electron chi connectivity index (χ2n) is 5.47. The van der Waals surface area contributed by atoms with Gasteiger partial charge in [0, 0.05) is 12.1 Å². The molecular formula is C15H33N. The van der Waals surface area contributed by atoms with E-state index in [1.165, 1.54) is 38.5 Å². The van der Waals surface area contributed by atoms with Crippen molar-refractivity contribution in [2.45, 2.75) is 85.2 Å². The quantitative estimate of drug-likeness (QED) is 0.551. The van der Waals surface area contributed by atoms with Crippen molar-refractivity contribution in [2.75, 3.05) is 7.05 Å². The SMILES string of the molecule is CCCCC(C(C)C)N(C)C(CC)CCC. The zero-order valence-corrected chi connectivity index (χ0v) is 12.4. The van der Waals surface area contributed by atoms with Gasteiger partial charge in [0.15, 0.2) is 0 Å². The van der Waals surface area contributed by atoms with Crippen LogP contribution >= 0.6 is 0 Å². The van der Waals surface area contributed by atoms with Crippen molar-refractivity contribution in [2.24, 2.45) is 5.92 Å². The summed E-state index contributed by atoms with van der Waals surface area (Å²) in [6.07, 6.45) is 8.01. The smallest absolute Gasteiger partial charge is 0.0118 e. The number of nitrogens with zero attached hydrogens (tertiary/aromatic N) is 1. The Bertz CT molecular complexity index is 154. The van der Waals surface area contributed by atoms with E-state index in [4.69, 9.17) is 0 Å². The largest absolute Gasteiger partial charge is 0.300 e. The minimum Gasteiger partial charge on any atom is -0.300 e. The van der Waals surface area contributed by atoms with E-state index in [9.17, 15) is 0 Å². The first-order valence-corrected chi connectivity index (χ1v) is 7.30. The molecule has 0 aromatic rings. The molecule has 0 N–H and O–H groups in total. The van der Waals surface area contributed by atoms with Gasteiger partial charge < -0.3 is 4.90 Å². The van der Waals surface area contributed by atoms with E-state index in [-0.39, 0.29) is 0 Å². The Labute approximate surface area is 104 Å². The molecule has 0 amide bonds. The van der Waals surface area contributed by atoms with Crippen molar-refractivity contribution in [3.05, 3.63) is 0 Å². The summed E-state index contributed by atoms with van der Waals surface area (Å²) in [5.74, 6) is 0.780. The standard InChI is InChI=1S/C15H33N/c1-7-10-12-15(13(4)5)16(6)14(9-3)11-8-2/h13-15H,7-12H2,1-6H3. The molecule has 98 valence electrons. The topological polar surface area (TPSA) is 3.24 Å². The minimum atomic E-state index is 0.774. The van der Waals surface area contributed by atoms with Crippen LogP contribution in [0.15, 0.2) is 0 Å². The van der Waals surface area contributed by atoms with Gasteiger partial charge >= 0.3 is 0 Å². The summed E-state index contributed by atoms with van der Waals surface area (Å²) in [6.45, 7) is 11.7. The summed E-state index contributed by atoms with van der Waals surface area (Å²) < 4.78 is 0. The van der Waals surface area contributed by atoms with Crippen LogP contribution < -0.4 is 0 Å². The van der Waals surface area contributed by atoms with Crippen LogP contribution in [0.3, 0.4) is 0 Å². The van der Waals surface area contributed by atoms with Gasteiger partial charge in [-0.15, -0.1) is 0 Å². The molecular weight excluding hydrogens is 194 g/mol. The molecule has 0 rings (SSSR count). The van der Waals surface area contributed by atoms with Gasteiger partial charge in [-0.05, 0) is 32.2 Å². The van der Waals surface area contributed by atoms with Crippen LogP contribution in [0.2, 0.25) is 0 Å². The van der Waals surface area contributed by atoms with Gasteiger partial charge in [-0.2, -0.15) is 0 Å². The first kappa shape index (κ1) is 16.0. The Kier molecular flexibility index (Phi) is 9.02. The fourth-order valence-corrected chi connectivity index (χ4v) is 2.72. The molecule has 0 fully saturated rings. The molecule has 0 bridgehead atoms. The summed E-state index contributed by atoms with van der Waals surface area (Å²) in [5.41, 5.74) is 0. The maximum Gasteiger partial charge on any atom is 0.0118 e. The maximum absolute atomic E-state index is 2.66. The van der Waals surface area contributed by atoms with Crippen molar-refractivity contribution in [3.8, 4) is 0 Å². The lowest BCUT2D eigenvalue weighted by Crippen LogP contribution is -2.42. The molecule has 0 saturated heterocycles. The lowest BCUT2D eigenvalue weighted by Gasteiger charge is -2.37. The highest BCUT2D eigenvalue weighted by molar-refractivity contribution is 4.78. The summed E-state index contributed by atoms with van der Waals surface area (Å²) in [4.78, 5) is 2.66. The number of rotatable bonds is 9. The molecule has 16 heavy (non-hydrogen) atoms. The Balaban J connectivity index is 4.37. The predicted molar refractivity (Wildman–Crippen MR) is 74.9 cm³/mol. The summed E-state index contributed by atoms with van der Waals surface area (Å²) in [6, 6.07) is 1.56. The van der Waals surface area contributed by atoms with E-state index in [2.05, 4.69) is 46.6 Å². The van der Waals surface area contributed by atoms with Crippen LogP contribution in [0.4, 0.5) is 0 Å². The predicted octanol–water partition coefficient (Wildman–Crippen LogP) is 4.71.